The molecule has 4 rings (SSSR count). The first-order valence-electron chi connectivity index (χ1n) is 21.2. The zero-order valence-corrected chi connectivity index (χ0v) is 44.6. The molecule has 4 aromatic rings. The molecule has 0 fully saturated rings. The predicted molar refractivity (Wildman–Crippen MR) is 234 cm³/mol. The van der Waals surface area contributed by atoms with Crippen molar-refractivity contribution in [2.24, 2.45) is 10.2 Å². The molecule has 0 atom stereocenters. The molecule has 0 spiro atoms. The number of benzene rings is 4. The number of azo groups is 1. The number of aromatic hydroxyl groups is 2. The molecule has 0 aromatic heterocycles. The second kappa shape index (κ2) is 26.9. The summed E-state index contributed by atoms with van der Waals surface area (Å²) in [5.41, 5.74) is -3.37. The van der Waals surface area contributed by atoms with Gasteiger partial charge in [-0.05, 0) is 54.3 Å². The largest absolute Gasteiger partial charge is 1.00 e. The number of anilines is 3. The van der Waals surface area contributed by atoms with E-state index in [1.165, 1.54) is 12.8 Å². The molecule has 0 unspecified atom stereocenters. The van der Waals surface area contributed by atoms with E-state index >= 15 is 0 Å². The Balaban J connectivity index is 0.00000888. The van der Waals surface area contributed by atoms with E-state index < -0.39 is 123 Å². The summed E-state index contributed by atoms with van der Waals surface area (Å²) in [6, 6.07) is 7.25. The Kier molecular flexibility index (Phi) is 23.8. The average Bonchev–Trinajstić information content (AvgIpc) is 3.25. The van der Waals surface area contributed by atoms with E-state index in [2.05, 4.69) is 27.8 Å². The van der Waals surface area contributed by atoms with Gasteiger partial charge in [0.25, 0.3) is 0 Å². The fourth-order valence-electron chi connectivity index (χ4n) is 6.70. The minimum Gasteiger partial charge on any atom is -0.744 e. The van der Waals surface area contributed by atoms with E-state index in [4.69, 9.17) is 4.74 Å². The maximum atomic E-state index is 14.5. The topological polar surface area (TPSA) is 276 Å². The summed E-state index contributed by atoms with van der Waals surface area (Å²) in [5, 5.41) is 33.9. The number of hydrogen-bond donors (Lipinski definition) is 5. The van der Waals surface area contributed by atoms with Gasteiger partial charge in [0.05, 0.1) is 32.5 Å². The van der Waals surface area contributed by atoms with Crippen LogP contribution in [0.5, 0.6) is 23.0 Å². The standard InChI is InChI=1S/C43H47F8N5O12S2.2Na/c1-3-4-5-6-7-8-9-10-11-12-13-14-35(59)53-30-22-32(58)29(54-40(61)42(48,49)43(50,51)41(46,47)39(44)45)23-33(30)68-27-17-15-26(16-18-27)55-56-37-34(70(65,66)67)20-25-19-28(69(62,63)64)21-31(52-24(2)57)36(25)38(37)60;;/h15-23,39,58,60H,3-14H2,1-2H3,(H,52,57)(H,53,59)(H,54,61)(H,62,63,64)(H,65,66,67);;/q;2*+1/p-2. The summed E-state index contributed by atoms with van der Waals surface area (Å²) in [5.74, 6) is -28.2. The number of nitrogens with one attached hydrogen (secondary N) is 3. The van der Waals surface area contributed by atoms with Gasteiger partial charge in [-0.3, -0.25) is 14.4 Å². The number of carbonyl (C=O) groups excluding carboxylic acids is 3. The van der Waals surface area contributed by atoms with Crippen molar-refractivity contribution in [2.45, 2.75) is 125 Å². The Hall–Kier alpha value is -4.19. The number of halogens is 8. The van der Waals surface area contributed by atoms with E-state index in [1.54, 1.807) is 0 Å². The Morgan fingerprint density at radius 3 is 1.78 bits per heavy atom. The molecular formula is C43H45F8N5Na2O12S2. The van der Waals surface area contributed by atoms with Crippen molar-refractivity contribution in [1.29, 1.82) is 0 Å². The van der Waals surface area contributed by atoms with Gasteiger partial charge in [-0.1, -0.05) is 71.1 Å². The Labute approximate surface area is 452 Å². The van der Waals surface area contributed by atoms with Crippen LogP contribution >= 0.6 is 0 Å². The normalized spacial score (nSPS) is 12.3. The molecule has 3 amide bonds. The van der Waals surface area contributed by atoms with Gasteiger partial charge in [-0.25, -0.2) is 25.6 Å². The van der Waals surface area contributed by atoms with Gasteiger partial charge in [0.1, 0.15) is 37.4 Å². The third kappa shape index (κ3) is 16.4. The molecule has 384 valence electrons. The number of phenols is 2. The molecule has 72 heavy (non-hydrogen) atoms. The number of alkyl halides is 8. The van der Waals surface area contributed by atoms with Crippen LogP contribution in [0.25, 0.3) is 10.8 Å². The summed E-state index contributed by atoms with van der Waals surface area (Å²) in [6.07, 6.45) is 5.21. The van der Waals surface area contributed by atoms with Gasteiger partial charge >= 0.3 is 89.2 Å². The molecule has 29 heteroatoms. The van der Waals surface area contributed by atoms with E-state index in [1.807, 2.05) is 0 Å². The fourth-order valence-corrected chi connectivity index (χ4v) is 7.88. The molecule has 0 bridgehead atoms. The molecular weight excluding hydrogens is 1040 g/mol. The van der Waals surface area contributed by atoms with E-state index in [0.29, 0.717) is 43.2 Å². The summed E-state index contributed by atoms with van der Waals surface area (Å²) in [6.45, 7) is 3.10. The first kappa shape index (κ1) is 63.9. The van der Waals surface area contributed by atoms with Crippen LogP contribution in [-0.2, 0) is 34.6 Å². The molecule has 0 aliphatic heterocycles. The van der Waals surface area contributed by atoms with Crippen molar-refractivity contribution in [3.63, 3.8) is 0 Å². The molecule has 4 aromatic carbocycles. The van der Waals surface area contributed by atoms with Gasteiger partial charge in [0.15, 0.2) is 11.5 Å². The number of carbonyl (C=O) groups is 3. The van der Waals surface area contributed by atoms with Crippen molar-refractivity contribution >= 4 is 77.2 Å². The Morgan fingerprint density at radius 1 is 0.708 bits per heavy atom. The number of unbranched alkanes of at least 4 members (excludes halogenated alkanes) is 10. The van der Waals surface area contributed by atoms with Crippen LogP contribution in [0.1, 0.15) is 90.9 Å². The van der Waals surface area contributed by atoms with Gasteiger partial charge in [0, 0.05) is 30.9 Å². The second-order valence-electron chi connectivity index (χ2n) is 15.8. The van der Waals surface area contributed by atoms with Crippen molar-refractivity contribution < 1.29 is 150 Å². The predicted octanol–water partition coefficient (Wildman–Crippen LogP) is 4.98. The van der Waals surface area contributed by atoms with Crippen molar-refractivity contribution in [3.8, 4) is 23.0 Å². The van der Waals surface area contributed by atoms with Gasteiger partial charge < -0.3 is 40.0 Å². The molecule has 0 saturated heterocycles. The van der Waals surface area contributed by atoms with Crippen LogP contribution in [-0.4, -0.2) is 78.1 Å². The molecule has 5 N–H and O–H groups in total. The Morgan fingerprint density at radius 2 is 1.26 bits per heavy atom. The molecule has 17 nitrogen and oxygen atoms in total. The summed E-state index contributed by atoms with van der Waals surface area (Å²) in [7, 11) is -10.8. The van der Waals surface area contributed by atoms with E-state index in [0.717, 1.165) is 81.5 Å². The number of amides is 3. The third-order valence-corrected chi connectivity index (χ3v) is 12.0. The molecule has 0 aliphatic carbocycles. The Bertz CT molecular complexity index is 2830. The van der Waals surface area contributed by atoms with Crippen molar-refractivity contribution in [1.82, 2.24) is 0 Å². The summed E-state index contributed by atoms with van der Waals surface area (Å²) in [4.78, 5) is 35.0. The molecule has 0 saturated carbocycles. The monoisotopic (exact) mass is 1090 g/mol. The van der Waals surface area contributed by atoms with Crippen LogP contribution in [0, 0.1) is 0 Å². The molecule has 0 heterocycles. The third-order valence-electron chi connectivity index (χ3n) is 10.3. The maximum absolute atomic E-state index is 14.5. The van der Waals surface area contributed by atoms with Gasteiger partial charge in [-0.15, -0.1) is 5.11 Å². The van der Waals surface area contributed by atoms with E-state index in [-0.39, 0.29) is 77.0 Å². The number of rotatable bonds is 25. The van der Waals surface area contributed by atoms with Gasteiger partial charge in [0.2, 0.25) is 11.8 Å². The van der Waals surface area contributed by atoms with Gasteiger partial charge in [-0.2, -0.15) is 31.5 Å². The zero-order valence-electron chi connectivity index (χ0n) is 39.0. The second-order valence-corrected chi connectivity index (χ2v) is 18.5. The van der Waals surface area contributed by atoms with E-state index in [9.17, 15) is 85.7 Å². The summed E-state index contributed by atoms with van der Waals surface area (Å²) >= 11 is 0. The fraction of sp³-hybridized carbons (Fsp3) is 0.419. The van der Waals surface area contributed by atoms with Crippen LogP contribution in [0.2, 0.25) is 0 Å². The van der Waals surface area contributed by atoms with Crippen LogP contribution in [0.3, 0.4) is 0 Å². The molecule has 0 radical (unpaired) electrons. The van der Waals surface area contributed by atoms with Crippen LogP contribution in [0.15, 0.2) is 74.6 Å². The number of hydrogen-bond acceptors (Lipinski definition) is 14. The SMILES string of the molecule is CCCCCCCCCCCCCC(=O)Nc1cc(O)c(NC(=O)C(F)(F)C(F)(F)C(F)(F)C(F)F)cc1Oc1ccc(N=Nc2c(S(=O)(=O)[O-])cc3cc(S(=O)(=O)[O-])cc(NC(C)=O)c3c2O)cc1.[Na+].[Na+]. The number of nitrogens with zero attached hydrogens (tertiary/aromatic N) is 2. The van der Waals surface area contributed by atoms with Crippen LogP contribution in [0.4, 0.5) is 63.6 Å². The maximum Gasteiger partial charge on any atom is 1.00 e. The van der Waals surface area contributed by atoms with Crippen molar-refractivity contribution in [2.75, 3.05) is 16.0 Å². The first-order chi connectivity index (χ1) is 32.5. The zero-order chi connectivity index (χ0) is 52.4. The minimum atomic E-state index is -6.95. The average molecular weight is 1090 g/mol. The quantitative estimate of drug-likeness (QED) is 0.0147. The minimum absolute atomic E-state index is 0. The van der Waals surface area contributed by atoms with Crippen molar-refractivity contribution in [3.05, 3.63) is 54.6 Å². The number of phenolic OH excluding ortho intramolecular Hbond substituents is 2. The summed E-state index contributed by atoms with van der Waals surface area (Å²) < 4.78 is 188. The first-order valence-corrected chi connectivity index (χ1v) is 24.0. The smallest absolute Gasteiger partial charge is 0.744 e. The number of ether oxygens (including phenoxy) is 1. The van der Waals surface area contributed by atoms with Crippen LogP contribution < -0.4 is 79.8 Å². The molecule has 0 aliphatic rings. The number of fused-ring (bicyclic) bond motifs is 1.